The van der Waals surface area contributed by atoms with Crippen molar-refractivity contribution in [3.63, 3.8) is 0 Å². The molecule has 0 bridgehead atoms. The number of esters is 1. The van der Waals surface area contributed by atoms with Crippen molar-refractivity contribution >= 4 is 5.97 Å². The van der Waals surface area contributed by atoms with E-state index >= 15 is 0 Å². The van der Waals surface area contributed by atoms with Crippen molar-refractivity contribution in [3.8, 4) is 0 Å². The van der Waals surface area contributed by atoms with Gasteiger partial charge in [-0.1, -0.05) is 57.8 Å². The molecule has 0 aromatic carbocycles. The first-order valence-electron chi connectivity index (χ1n) is 12.0. The Kier molecular flexibility index (Phi) is 12.0. The van der Waals surface area contributed by atoms with Crippen molar-refractivity contribution in [2.24, 2.45) is 0 Å². The van der Waals surface area contributed by atoms with Gasteiger partial charge < -0.3 is 24.8 Å². The predicted octanol–water partition coefficient (Wildman–Crippen LogP) is 3.80. The second-order valence-corrected chi connectivity index (χ2v) is 9.13. The summed E-state index contributed by atoms with van der Waals surface area (Å²) >= 11 is 0. The smallest absolute Gasteiger partial charge is 0.330 e. The molecule has 2 heterocycles. The highest BCUT2D eigenvalue weighted by atomic mass is 16.6. The summed E-state index contributed by atoms with van der Waals surface area (Å²) in [7, 11) is 0. The van der Waals surface area contributed by atoms with Crippen molar-refractivity contribution in [2.45, 2.75) is 133 Å². The van der Waals surface area contributed by atoms with Gasteiger partial charge in [0.25, 0.3) is 0 Å². The molecular formula is C24H42O6. The lowest BCUT2D eigenvalue weighted by Gasteiger charge is -2.21. The second kappa shape index (κ2) is 14.2. The molecule has 0 saturated carbocycles. The minimum absolute atomic E-state index is 0.0923. The van der Waals surface area contributed by atoms with E-state index in [1.165, 1.54) is 57.1 Å². The molecule has 0 amide bonds. The summed E-state index contributed by atoms with van der Waals surface area (Å²) in [6.07, 6.45) is 14.3. The fourth-order valence-corrected chi connectivity index (χ4v) is 4.33. The van der Waals surface area contributed by atoms with Crippen LogP contribution in [0.5, 0.6) is 0 Å². The van der Waals surface area contributed by atoms with Crippen LogP contribution < -0.4 is 0 Å². The maximum atomic E-state index is 12.2. The lowest BCUT2D eigenvalue weighted by atomic mass is 10.00. The van der Waals surface area contributed by atoms with E-state index in [4.69, 9.17) is 9.47 Å². The fraction of sp³-hybridized carbons (Fsp3) is 0.875. The van der Waals surface area contributed by atoms with E-state index in [9.17, 15) is 20.1 Å². The number of carbonyl (C=O) groups excluding carboxylic acids is 1. The lowest BCUT2D eigenvalue weighted by Crippen LogP contribution is -2.26. The molecule has 2 aliphatic rings. The minimum atomic E-state index is -0.799. The standard InChI is InChI=1S/C24H42O6/c1-18(25)16-19(26)17-20-12-10-8-6-4-2-3-5-7-9-11-13-22-24(30-22)21(27)14-15-23(28)29-20/h14-15,18-22,24-27H,2-13,16-17H2,1H3/b15-14+/t18-,19-,20+,21-,22+,24+/m1/s1. The number of cyclic esters (lactones) is 1. The van der Waals surface area contributed by atoms with Crippen LogP contribution in [0.1, 0.15) is 96.8 Å². The lowest BCUT2D eigenvalue weighted by molar-refractivity contribution is -0.145. The minimum Gasteiger partial charge on any atom is -0.459 e. The van der Waals surface area contributed by atoms with E-state index < -0.39 is 24.3 Å². The van der Waals surface area contributed by atoms with Gasteiger partial charge in [0.05, 0.1) is 18.3 Å². The number of aliphatic hydroxyl groups is 3. The summed E-state index contributed by atoms with van der Waals surface area (Å²) in [5.41, 5.74) is 0. The molecule has 6 atom stereocenters. The number of hydrogen-bond donors (Lipinski definition) is 3. The molecule has 1 fully saturated rings. The van der Waals surface area contributed by atoms with Crippen molar-refractivity contribution in [1.29, 1.82) is 0 Å². The van der Waals surface area contributed by atoms with Crippen LogP contribution in [0.4, 0.5) is 0 Å². The van der Waals surface area contributed by atoms with Crippen LogP contribution in [-0.2, 0) is 14.3 Å². The number of rotatable bonds is 4. The van der Waals surface area contributed by atoms with Crippen molar-refractivity contribution in [3.05, 3.63) is 12.2 Å². The third-order valence-corrected chi connectivity index (χ3v) is 6.08. The average molecular weight is 427 g/mol. The molecule has 174 valence electrons. The van der Waals surface area contributed by atoms with Crippen LogP contribution >= 0.6 is 0 Å². The molecule has 0 aromatic rings. The number of fused-ring (bicyclic) bond motifs is 1. The SMILES string of the molecule is C[C@@H](O)C[C@@H](O)C[C@@H]1CCCCCCCCCCCC[C@@H]2O[C@H]2[C@H](O)/C=C/C(=O)O1. The third kappa shape index (κ3) is 10.9. The van der Waals surface area contributed by atoms with Crippen LogP contribution in [0.3, 0.4) is 0 Å². The Morgan fingerprint density at radius 1 is 0.967 bits per heavy atom. The van der Waals surface area contributed by atoms with E-state index in [-0.39, 0.29) is 24.7 Å². The van der Waals surface area contributed by atoms with Crippen LogP contribution in [0.15, 0.2) is 12.2 Å². The van der Waals surface area contributed by atoms with E-state index in [0.29, 0.717) is 12.8 Å². The molecule has 0 aromatic heterocycles. The van der Waals surface area contributed by atoms with Crippen LogP contribution in [0.25, 0.3) is 0 Å². The molecule has 0 unspecified atom stereocenters. The molecule has 2 rings (SSSR count). The fourth-order valence-electron chi connectivity index (χ4n) is 4.33. The van der Waals surface area contributed by atoms with E-state index in [0.717, 1.165) is 25.7 Å². The average Bonchev–Trinajstić information content (AvgIpc) is 3.45. The summed E-state index contributed by atoms with van der Waals surface area (Å²) in [4.78, 5) is 12.2. The predicted molar refractivity (Wildman–Crippen MR) is 116 cm³/mol. The van der Waals surface area contributed by atoms with Gasteiger partial charge >= 0.3 is 5.97 Å². The Hall–Kier alpha value is -0.950. The van der Waals surface area contributed by atoms with E-state index in [2.05, 4.69) is 0 Å². The second-order valence-electron chi connectivity index (χ2n) is 9.13. The Bertz CT molecular complexity index is 506. The molecule has 30 heavy (non-hydrogen) atoms. The van der Waals surface area contributed by atoms with Gasteiger partial charge in [0.15, 0.2) is 0 Å². The number of aliphatic hydroxyl groups excluding tert-OH is 3. The molecule has 0 aliphatic carbocycles. The molecule has 2 aliphatic heterocycles. The molecule has 0 spiro atoms. The summed E-state index contributed by atoms with van der Waals surface area (Å²) in [6, 6.07) is 0. The van der Waals surface area contributed by atoms with Crippen LogP contribution in [-0.4, -0.2) is 57.9 Å². The van der Waals surface area contributed by atoms with Gasteiger partial charge in [0.2, 0.25) is 0 Å². The molecular weight excluding hydrogens is 384 g/mol. The maximum absolute atomic E-state index is 12.2. The third-order valence-electron chi connectivity index (χ3n) is 6.08. The maximum Gasteiger partial charge on any atom is 0.330 e. The number of epoxide rings is 1. The Balaban J connectivity index is 1.88. The van der Waals surface area contributed by atoms with Gasteiger partial charge in [-0.3, -0.25) is 0 Å². The highest BCUT2D eigenvalue weighted by Gasteiger charge is 2.42. The Morgan fingerprint density at radius 2 is 1.53 bits per heavy atom. The number of carbonyl (C=O) groups is 1. The summed E-state index contributed by atoms with van der Waals surface area (Å²) in [5, 5.41) is 29.9. The van der Waals surface area contributed by atoms with Gasteiger partial charge in [0.1, 0.15) is 18.3 Å². The molecule has 0 radical (unpaired) electrons. The largest absolute Gasteiger partial charge is 0.459 e. The zero-order valence-corrected chi connectivity index (χ0v) is 18.6. The topological polar surface area (TPSA) is 99.5 Å². The van der Waals surface area contributed by atoms with E-state index in [1.54, 1.807) is 6.92 Å². The van der Waals surface area contributed by atoms with Crippen molar-refractivity contribution in [1.82, 2.24) is 0 Å². The zero-order chi connectivity index (χ0) is 21.8. The van der Waals surface area contributed by atoms with Crippen molar-refractivity contribution < 1.29 is 29.6 Å². The highest BCUT2D eigenvalue weighted by molar-refractivity contribution is 5.82. The van der Waals surface area contributed by atoms with Gasteiger partial charge in [-0.05, 0) is 38.7 Å². The van der Waals surface area contributed by atoms with Gasteiger partial charge in [-0.25, -0.2) is 4.79 Å². The van der Waals surface area contributed by atoms with Gasteiger partial charge in [-0.2, -0.15) is 0 Å². The normalized spacial score (nSPS) is 33.5. The number of ether oxygens (including phenoxy) is 2. The molecule has 6 heteroatoms. The van der Waals surface area contributed by atoms with Gasteiger partial charge in [-0.15, -0.1) is 0 Å². The van der Waals surface area contributed by atoms with Crippen LogP contribution in [0, 0.1) is 0 Å². The quantitative estimate of drug-likeness (QED) is 0.467. The first kappa shape index (κ1) is 25.3. The zero-order valence-electron chi connectivity index (χ0n) is 18.6. The number of hydrogen-bond acceptors (Lipinski definition) is 6. The molecule has 6 nitrogen and oxygen atoms in total. The highest BCUT2D eigenvalue weighted by Crippen LogP contribution is 2.31. The summed E-state index contributed by atoms with van der Waals surface area (Å²) < 4.78 is 11.1. The van der Waals surface area contributed by atoms with Gasteiger partial charge in [0, 0.05) is 12.5 Å². The van der Waals surface area contributed by atoms with Crippen molar-refractivity contribution in [2.75, 3.05) is 0 Å². The summed E-state index contributed by atoms with van der Waals surface area (Å²) in [6.45, 7) is 1.64. The Labute approximate surface area is 181 Å². The molecule has 3 N–H and O–H groups in total. The Morgan fingerprint density at radius 3 is 2.13 bits per heavy atom. The first-order chi connectivity index (χ1) is 14.5. The van der Waals surface area contributed by atoms with E-state index in [1.807, 2.05) is 0 Å². The molecule has 1 saturated heterocycles. The summed E-state index contributed by atoms with van der Waals surface area (Å²) in [5.74, 6) is -0.505. The monoisotopic (exact) mass is 426 g/mol. The van der Waals surface area contributed by atoms with Crippen LogP contribution in [0.2, 0.25) is 0 Å². The first-order valence-corrected chi connectivity index (χ1v) is 12.0.